The van der Waals surface area contributed by atoms with Gasteiger partial charge >= 0.3 is 5.97 Å². The topological polar surface area (TPSA) is 81.0 Å². The Kier molecular flexibility index (Phi) is 5.50. The van der Waals surface area contributed by atoms with Gasteiger partial charge in [-0.05, 0) is 37.6 Å². The second-order valence-corrected chi connectivity index (χ2v) is 9.30. The lowest BCUT2D eigenvalue weighted by atomic mass is 9.96. The summed E-state index contributed by atoms with van der Waals surface area (Å²) in [5, 5.41) is 0.534. The number of hydrogen-bond acceptors (Lipinski definition) is 6. The fourth-order valence-corrected chi connectivity index (χ4v) is 5.78. The third-order valence-corrected chi connectivity index (χ3v) is 7.36. The number of nitrogens with zero attached hydrogens (tertiary/aromatic N) is 3. The van der Waals surface area contributed by atoms with Gasteiger partial charge < -0.3 is 9.64 Å². The van der Waals surface area contributed by atoms with E-state index in [-0.39, 0.29) is 17.0 Å². The average molecular weight is 494 g/mol. The number of benzene rings is 2. The van der Waals surface area contributed by atoms with Gasteiger partial charge in [0.2, 0.25) is 0 Å². The number of anilines is 1. The molecule has 1 atom stereocenters. The smallest absolute Gasteiger partial charge is 0.338 e. The molecule has 34 heavy (non-hydrogen) atoms. The minimum absolute atomic E-state index is 0.221. The predicted octanol–water partition coefficient (Wildman–Crippen LogP) is 2.80. The number of thiazole rings is 1. The standard InChI is InChI=1S/C25H20ClN3O4S/c1-4-28-17-8-6-5-7-16(17)19(22(28)30)21-23(31)29-20(14-9-11-15(26)12-10-14)18(24(32)33-3)13(2)27-25(29)34-21/h5-12,20H,4H2,1-3H3/b21-19+. The molecule has 9 heteroatoms. The van der Waals surface area contributed by atoms with E-state index < -0.39 is 12.0 Å². The first-order valence-electron chi connectivity index (χ1n) is 10.7. The lowest BCUT2D eigenvalue weighted by molar-refractivity contribution is -0.136. The molecule has 0 fully saturated rings. The van der Waals surface area contributed by atoms with Gasteiger partial charge in [-0.25, -0.2) is 9.79 Å². The maximum Gasteiger partial charge on any atom is 0.338 e. The zero-order valence-electron chi connectivity index (χ0n) is 18.7. The second-order valence-electron chi connectivity index (χ2n) is 7.89. The van der Waals surface area contributed by atoms with Crippen LogP contribution in [0.3, 0.4) is 0 Å². The van der Waals surface area contributed by atoms with Crippen LogP contribution in [0.15, 0.2) is 69.6 Å². The zero-order chi connectivity index (χ0) is 24.1. The van der Waals surface area contributed by atoms with Crippen molar-refractivity contribution in [1.29, 1.82) is 0 Å². The molecule has 1 amide bonds. The Hall–Kier alpha value is -3.49. The Morgan fingerprint density at radius 3 is 2.53 bits per heavy atom. The molecule has 1 unspecified atom stereocenters. The SMILES string of the molecule is CCN1C(=O)/C(=c2/sc3n(c2=O)C(c2ccc(Cl)cc2)C(C(=O)OC)=C(C)N=3)c2ccccc21. The fourth-order valence-electron chi connectivity index (χ4n) is 4.52. The molecule has 1 aromatic heterocycles. The predicted molar refractivity (Wildman–Crippen MR) is 131 cm³/mol. The van der Waals surface area contributed by atoms with Gasteiger partial charge in [0.1, 0.15) is 4.53 Å². The monoisotopic (exact) mass is 493 g/mol. The molecule has 7 nitrogen and oxygen atoms in total. The molecule has 3 aromatic rings. The van der Waals surface area contributed by atoms with Gasteiger partial charge in [-0.3, -0.25) is 14.2 Å². The van der Waals surface area contributed by atoms with Crippen molar-refractivity contribution in [2.75, 3.05) is 18.6 Å². The molecule has 0 bridgehead atoms. The third-order valence-electron chi connectivity index (χ3n) is 6.05. The van der Waals surface area contributed by atoms with Crippen molar-refractivity contribution in [3.8, 4) is 0 Å². The van der Waals surface area contributed by atoms with Gasteiger partial charge in [-0.1, -0.05) is 53.3 Å². The number of para-hydroxylation sites is 1. The van der Waals surface area contributed by atoms with Crippen LogP contribution in [0.25, 0.3) is 5.57 Å². The van der Waals surface area contributed by atoms with Crippen LogP contribution >= 0.6 is 22.9 Å². The molecular formula is C25H20ClN3O4S. The average Bonchev–Trinajstić information content (AvgIpc) is 3.30. The normalized spacial score (nSPS) is 18.5. The minimum atomic E-state index is -0.760. The molecule has 2 aromatic carbocycles. The van der Waals surface area contributed by atoms with Crippen LogP contribution in [0, 0.1) is 0 Å². The van der Waals surface area contributed by atoms with Crippen LogP contribution in [-0.2, 0) is 14.3 Å². The van der Waals surface area contributed by atoms with Gasteiger partial charge in [-0.15, -0.1) is 0 Å². The highest BCUT2D eigenvalue weighted by Crippen LogP contribution is 2.35. The Morgan fingerprint density at radius 2 is 1.85 bits per heavy atom. The van der Waals surface area contributed by atoms with Crippen molar-refractivity contribution in [3.63, 3.8) is 0 Å². The van der Waals surface area contributed by atoms with Crippen LogP contribution in [0.1, 0.15) is 31.0 Å². The van der Waals surface area contributed by atoms with Crippen LogP contribution in [0.2, 0.25) is 5.02 Å². The Bertz CT molecular complexity index is 1570. The summed E-state index contributed by atoms with van der Waals surface area (Å²) in [7, 11) is 1.29. The van der Waals surface area contributed by atoms with E-state index in [1.54, 1.807) is 36.1 Å². The molecule has 172 valence electrons. The highest BCUT2D eigenvalue weighted by Gasteiger charge is 2.36. The third kappa shape index (κ3) is 3.25. The summed E-state index contributed by atoms with van der Waals surface area (Å²) in [5.41, 5.74) is 2.87. The summed E-state index contributed by atoms with van der Waals surface area (Å²) in [4.78, 5) is 46.6. The number of halogens is 1. The largest absolute Gasteiger partial charge is 0.466 e. The first kappa shape index (κ1) is 22.3. The summed E-state index contributed by atoms with van der Waals surface area (Å²) in [6.07, 6.45) is 0. The molecule has 0 saturated carbocycles. The van der Waals surface area contributed by atoms with Gasteiger partial charge in [0, 0.05) is 17.1 Å². The molecular weight excluding hydrogens is 474 g/mol. The summed E-state index contributed by atoms with van der Waals surface area (Å²) >= 11 is 7.24. The van der Waals surface area contributed by atoms with Crippen LogP contribution < -0.4 is 19.8 Å². The first-order valence-corrected chi connectivity index (χ1v) is 11.9. The van der Waals surface area contributed by atoms with E-state index in [2.05, 4.69) is 4.99 Å². The number of carbonyl (C=O) groups is 2. The number of amides is 1. The van der Waals surface area contributed by atoms with Crippen molar-refractivity contribution in [3.05, 3.63) is 95.6 Å². The fraction of sp³-hybridized carbons (Fsp3) is 0.200. The highest BCUT2D eigenvalue weighted by atomic mass is 35.5. The Labute approximate surface area is 203 Å². The van der Waals surface area contributed by atoms with Gasteiger partial charge in [-0.2, -0.15) is 0 Å². The number of aromatic nitrogens is 1. The van der Waals surface area contributed by atoms with Gasteiger partial charge in [0.05, 0.1) is 35.7 Å². The molecule has 0 saturated heterocycles. The quantitative estimate of drug-likeness (QED) is 0.525. The number of rotatable bonds is 3. The summed E-state index contributed by atoms with van der Waals surface area (Å²) < 4.78 is 6.80. The number of fused-ring (bicyclic) bond motifs is 2. The van der Waals surface area contributed by atoms with Crippen molar-refractivity contribution in [2.24, 2.45) is 4.99 Å². The number of likely N-dealkylation sites (N-methyl/N-ethyl adjacent to an activating group) is 1. The van der Waals surface area contributed by atoms with Crippen LogP contribution in [-0.4, -0.2) is 30.1 Å². The molecule has 3 heterocycles. The van der Waals surface area contributed by atoms with E-state index in [0.29, 0.717) is 43.3 Å². The van der Waals surface area contributed by atoms with E-state index in [4.69, 9.17) is 16.3 Å². The van der Waals surface area contributed by atoms with Crippen LogP contribution in [0.5, 0.6) is 0 Å². The second kappa shape index (κ2) is 8.38. The van der Waals surface area contributed by atoms with Gasteiger partial charge in [0.25, 0.3) is 11.5 Å². The number of methoxy groups -OCH3 is 1. The zero-order valence-corrected chi connectivity index (χ0v) is 20.2. The Balaban J connectivity index is 1.85. The van der Waals surface area contributed by atoms with Crippen molar-refractivity contribution in [1.82, 2.24) is 4.57 Å². The number of carbonyl (C=O) groups excluding carboxylic acids is 2. The Morgan fingerprint density at radius 1 is 1.15 bits per heavy atom. The lowest BCUT2D eigenvalue weighted by Gasteiger charge is -2.24. The van der Waals surface area contributed by atoms with Crippen molar-refractivity contribution >= 4 is 46.1 Å². The van der Waals surface area contributed by atoms with Crippen molar-refractivity contribution < 1.29 is 14.3 Å². The molecule has 5 rings (SSSR count). The number of ether oxygens (including phenoxy) is 1. The maximum absolute atomic E-state index is 13.9. The molecule has 2 aliphatic rings. The van der Waals surface area contributed by atoms with E-state index in [9.17, 15) is 14.4 Å². The minimum Gasteiger partial charge on any atom is -0.466 e. The lowest BCUT2D eigenvalue weighted by Crippen LogP contribution is -2.40. The van der Waals surface area contributed by atoms with E-state index in [1.165, 1.54) is 11.7 Å². The molecule has 2 aliphatic heterocycles. The van der Waals surface area contributed by atoms with Crippen LogP contribution in [0.4, 0.5) is 5.69 Å². The molecule has 0 N–H and O–H groups in total. The summed E-state index contributed by atoms with van der Waals surface area (Å²) in [5.74, 6) is -0.792. The highest BCUT2D eigenvalue weighted by molar-refractivity contribution is 7.07. The number of hydrogen-bond donors (Lipinski definition) is 0. The number of allylic oxidation sites excluding steroid dienone is 1. The molecule has 0 aliphatic carbocycles. The van der Waals surface area contributed by atoms with Crippen molar-refractivity contribution in [2.45, 2.75) is 19.9 Å². The van der Waals surface area contributed by atoms with E-state index in [0.717, 1.165) is 17.0 Å². The first-order chi connectivity index (χ1) is 16.4. The van der Waals surface area contributed by atoms with Gasteiger partial charge in [0.15, 0.2) is 4.80 Å². The maximum atomic E-state index is 13.9. The van der Waals surface area contributed by atoms with E-state index >= 15 is 0 Å². The number of esters is 1. The molecule has 0 radical (unpaired) electrons. The summed E-state index contributed by atoms with van der Waals surface area (Å²) in [6.45, 7) is 4.09. The summed E-state index contributed by atoms with van der Waals surface area (Å²) in [6, 6.07) is 13.6. The van der Waals surface area contributed by atoms with E-state index in [1.807, 2.05) is 31.2 Å². The molecule has 0 spiro atoms.